The number of aliphatic hydroxyl groups is 4. The minimum absolute atomic E-state index is 0. The summed E-state index contributed by atoms with van der Waals surface area (Å²) < 4.78 is 94.5. The number of hydrogen-bond donors (Lipinski definition) is 7. The summed E-state index contributed by atoms with van der Waals surface area (Å²) in [7, 11) is -12.7. The molecule has 0 spiro atoms. The second-order valence-electron chi connectivity index (χ2n) is 15.5. The molecule has 314 valence electrons. The van der Waals surface area contributed by atoms with Crippen LogP contribution in [-0.2, 0) is 45.2 Å². The number of hydrogen-bond acceptors (Lipinski definition) is 16. The molecule has 0 aromatic rings. The van der Waals surface area contributed by atoms with Crippen LogP contribution >= 0.6 is 0 Å². The largest absolute Gasteiger partial charge is 1.00 e. The Morgan fingerprint density at radius 3 is 1.16 bits per heavy atom. The molecular formula is C31H58N3Na3O16S3. The van der Waals surface area contributed by atoms with Crippen LogP contribution in [0.3, 0.4) is 0 Å². The first-order valence-electron chi connectivity index (χ1n) is 16.7. The molecule has 0 aromatic heterocycles. The van der Waals surface area contributed by atoms with Crippen molar-refractivity contribution in [3.05, 3.63) is 6.92 Å². The second kappa shape index (κ2) is 29.1. The van der Waals surface area contributed by atoms with Gasteiger partial charge in [-0.15, -0.1) is 12.6 Å². The number of amides is 3. The molecule has 0 saturated carbocycles. The number of nitrogens with one attached hydrogen (secondary N) is 3. The van der Waals surface area contributed by atoms with Crippen LogP contribution in [0.5, 0.6) is 0 Å². The quantitative estimate of drug-likeness (QED) is 0.0285. The third-order valence-corrected chi connectivity index (χ3v) is 9.60. The van der Waals surface area contributed by atoms with Crippen molar-refractivity contribution in [3.8, 4) is 0 Å². The van der Waals surface area contributed by atoms with Gasteiger partial charge in [0.2, 0.25) is 17.7 Å². The molecule has 0 aliphatic carbocycles. The van der Waals surface area contributed by atoms with Gasteiger partial charge in [-0.1, -0.05) is 26.3 Å². The average molecular weight is 894 g/mol. The molecule has 0 aromatic carbocycles. The fraction of sp³-hybridized carbons (Fsp3) is 0.871. The van der Waals surface area contributed by atoms with E-state index in [2.05, 4.69) is 22.9 Å². The maximum atomic E-state index is 13.9. The Balaban J connectivity index is -0.00000118. The van der Waals surface area contributed by atoms with Gasteiger partial charge in [0.05, 0.1) is 56.2 Å². The molecule has 3 amide bonds. The predicted molar refractivity (Wildman–Crippen MR) is 189 cm³/mol. The zero-order chi connectivity index (χ0) is 42.3. The van der Waals surface area contributed by atoms with E-state index in [1.54, 1.807) is 20.8 Å². The van der Waals surface area contributed by atoms with Crippen molar-refractivity contribution in [2.45, 2.75) is 141 Å². The summed E-state index contributed by atoms with van der Waals surface area (Å²) in [5, 5.41) is 49.0. The molecule has 0 rings (SSSR count). The first-order valence-corrected chi connectivity index (χ1v) is 20.9. The minimum atomic E-state index is -4.83. The van der Waals surface area contributed by atoms with E-state index in [0.29, 0.717) is 0 Å². The summed E-state index contributed by atoms with van der Waals surface area (Å²) in [6, 6.07) is 0. The first kappa shape index (κ1) is 65.8. The van der Waals surface area contributed by atoms with E-state index in [1.165, 1.54) is 34.6 Å². The van der Waals surface area contributed by atoms with Gasteiger partial charge in [-0.05, 0) is 79.6 Å². The standard InChI is InChI=1S/C31H60N3O13S2.3Na.O3S/c1-10-23(36)16-25(38)15-22(28(41)34-31(8,9)18-49(45,46)47)13-20(27(40)33-30(6,7)17-48(42,43)44)12-21(14-24(37)11-19(2)35)26(39)32-29(3,4)5;;;;1-4(2)3/h19-25,35-38H,3,10-18H2,1-2,4-9H3,(H,32,39)(H,33,40)(H,34,41)(H,42,43,44)(H,45,46,47);;;;/q-1;3*+1;/p-2. The Morgan fingerprint density at radius 1 is 0.607 bits per heavy atom. The molecule has 0 aliphatic rings. The normalized spacial score (nSPS) is 15.8. The summed E-state index contributed by atoms with van der Waals surface area (Å²) in [5.74, 6) is -8.07. The average Bonchev–Trinajstić information content (AvgIpc) is 2.86. The smallest absolute Gasteiger partial charge is 0.748 e. The first-order chi connectivity index (χ1) is 23.6. The van der Waals surface area contributed by atoms with Crippen molar-refractivity contribution >= 4 is 48.6 Å². The van der Waals surface area contributed by atoms with Crippen LogP contribution in [0, 0.1) is 24.7 Å². The number of rotatable bonds is 23. The fourth-order valence-corrected chi connectivity index (χ4v) is 7.52. The molecule has 0 aliphatic heterocycles. The van der Waals surface area contributed by atoms with Crippen LogP contribution in [0.25, 0.3) is 0 Å². The molecule has 7 unspecified atom stereocenters. The Kier molecular flexibility index (Phi) is 34.2. The van der Waals surface area contributed by atoms with Gasteiger partial charge in [0, 0.05) is 28.8 Å². The molecule has 19 nitrogen and oxygen atoms in total. The van der Waals surface area contributed by atoms with Crippen molar-refractivity contribution in [3.63, 3.8) is 0 Å². The summed E-state index contributed by atoms with van der Waals surface area (Å²) in [6.07, 6.45) is -5.72. The number of aliphatic hydroxyl groups excluding tert-OH is 4. The van der Waals surface area contributed by atoms with E-state index in [9.17, 15) is 60.8 Å². The van der Waals surface area contributed by atoms with Gasteiger partial charge in [0.25, 0.3) is 0 Å². The maximum Gasteiger partial charge on any atom is 1.00 e. The van der Waals surface area contributed by atoms with E-state index in [1.807, 2.05) is 0 Å². The topological polar surface area (TPSA) is 334 Å². The van der Waals surface area contributed by atoms with Crippen molar-refractivity contribution in [1.29, 1.82) is 0 Å². The molecule has 25 heteroatoms. The Labute approximate surface area is 399 Å². The van der Waals surface area contributed by atoms with Crippen LogP contribution in [0.2, 0.25) is 0 Å². The van der Waals surface area contributed by atoms with Crippen LogP contribution in [-0.4, -0.2) is 129 Å². The third-order valence-electron chi connectivity index (χ3n) is 7.45. The van der Waals surface area contributed by atoms with E-state index in [0.717, 1.165) is 0 Å². The zero-order valence-corrected chi connectivity index (χ0v) is 43.0. The molecule has 0 radical (unpaired) electrons. The van der Waals surface area contributed by atoms with Gasteiger partial charge in [-0.2, -0.15) is 0 Å². The second-order valence-corrected chi connectivity index (χ2v) is 18.7. The number of carbonyl (C=O) groups excluding carboxylic acids is 3. The molecule has 56 heavy (non-hydrogen) atoms. The van der Waals surface area contributed by atoms with Gasteiger partial charge >= 0.3 is 99.3 Å². The Bertz CT molecular complexity index is 1520. The van der Waals surface area contributed by atoms with E-state index in [-0.39, 0.29) is 127 Å². The van der Waals surface area contributed by atoms with Crippen molar-refractivity contribution < 1.29 is 162 Å². The molecule has 0 fully saturated rings. The fourth-order valence-electron chi connectivity index (χ4n) is 5.60. The zero-order valence-electron chi connectivity index (χ0n) is 34.5. The summed E-state index contributed by atoms with van der Waals surface area (Å²) in [4.78, 5) is 41.0. The van der Waals surface area contributed by atoms with Gasteiger partial charge < -0.3 is 52.4 Å². The molecule has 0 bridgehead atoms. The van der Waals surface area contributed by atoms with Gasteiger partial charge in [0.15, 0.2) is 0 Å². The van der Waals surface area contributed by atoms with Gasteiger partial charge in [0.1, 0.15) is 0 Å². The van der Waals surface area contributed by atoms with Crippen molar-refractivity contribution in [1.82, 2.24) is 16.0 Å². The summed E-state index contributed by atoms with van der Waals surface area (Å²) in [6.45, 7) is 15.3. The monoisotopic (exact) mass is 893 g/mol. The van der Waals surface area contributed by atoms with Gasteiger partial charge in [-0.25, -0.2) is 16.8 Å². The predicted octanol–water partition coefficient (Wildman–Crippen LogP) is -10.3. The molecule has 0 saturated heterocycles. The van der Waals surface area contributed by atoms with Crippen LogP contribution in [0.1, 0.15) is 100 Å². The maximum absolute atomic E-state index is 13.9. The Morgan fingerprint density at radius 2 is 0.893 bits per heavy atom. The molecule has 7 N–H and O–H groups in total. The third kappa shape index (κ3) is 36.5. The molecule has 7 atom stereocenters. The number of carbonyl (C=O) groups is 3. The van der Waals surface area contributed by atoms with Crippen LogP contribution in [0.15, 0.2) is 0 Å². The minimum Gasteiger partial charge on any atom is -0.748 e. The van der Waals surface area contributed by atoms with Gasteiger partial charge in [-0.3, -0.25) is 14.4 Å². The van der Waals surface area contributed by atoms with E-state index in [4.69, 9.17) is 12.6 Å². The van der Waals surface area contributed by atoms with Crippen molar-refractivity contribution in [2.24, 2.45) is 17.8 Å². The summed E-state index contributed by atoms with van der Waals surface area (Å²) >= 11 is 0. The SMILES string of the molecule is O=S(=O)=O.[CH2-]C(C)(C)NC(=O)C(CC(O)CC(C)O)CC(CC(CC(O)CC(O)CC)C(=O)NC(C)(C)CS(=O)(=O)[O-])C(=O)NC(C)(C)CS(=O)(=O)[O-].[Na+].[Na+].[Na+]. The van der Waals surface area contributed by atoms with Crippen molar-refractivity contribution in [2.75, 3.05) is 11.5 Å². The molecule has 0 heterocycles. The van der Waals surface area contributed by atoms with E-state index >= 15 is 0 Å². The Hall–Kier alpha value is 0.690. The van der Waals surface area contributed by atoms with Crippen LogP contribution < -0.4 is 105 Å². The van der Waals surface area contributed by atoms with E-state index < -0.39 is 125 Å². The molecular weight excluding hydrogens is 836 g/mol. The summed E-state index contributed by atoms with van der Waals surface area (Å²) in [5.41, 5.74) is -4.19. The van der Waals surface area contributed by atoms with Crippen LogP contribution in [0.4, 0.5) is 0 Å².